The summed E-state index contributed by atoms with van der Waals surface area (Å²) >= 11 is 13.0. The standard InChI is InChI=1S/C33H41Cl2N3O4S/c1-5-6-19-36-33(40)31(22-26-12-8-7-9-13-26)37(23-27-28(34)14-10-15-29(27)35)32(39)16-11-20-38(43(4,41)42)30-21-24(2)17-18-25(30)3/h7-10,12-15,17-18,21,31H,5-6,11,16,19-20,22-23H2,1-4H3,(H,36,40)/t31-/m0/s1. The van der Waals surface area contributed by atoms with Crippen molar-refractivity contribution in [2.24, 2.45) is 0 Å². The monoisotopic (exact) mass is 645 g/mol. The number of rotatable bonds is 15. The second-order valence-electron chi connectivity index (χ2n) is 10.8. The summed E-state index contributed by atoms with van der Waals surface area (Å²) in [4.78, 5) is 29.2. The number of nitrogens with one attached hydrogen (secondary N) is 1. The van der Waals surface area contributed by atoms with Gasteiger partial charge in [-0.05, 0) is 61.6 Å². The van der Waals surface area contributed by atoms with Gasteiger partial charge in [-0.25, -0.2) is 8.42 Å². The topological polar surface area (TPSA) is 86.8 Å². The molecule has 7 nitrogen and oxygen atoms in total. The molecule has 0 saturated heterocycles. The number of unbranched alkanes of at least 4 members (excludes halogenated alkanes) is 1. The predicted octanol–water partition coefficient (Wildman–Crippen LogP) is 6.71. The molecule has 1 N–H and O–H groups in total. The van der Waals surface area contributed by atoms with Crippen LogP contribution >= 0.6 is 23.2 Å². The summed E-state index contributed by atoms with van der Waals surface area (Å²) in [6, 6.07) is 19.5. The number of sulfonamides is 1. The summed E-state index contributed by atoms with van der Waals surface area (Å²) in [5.74, 6) is -0.557. The summed E-state index contributed by atoms with van der Waals surface area (Å²) in [5.41, 5.74) is 3.80. The van der Waals surface area contributed by atoms with Crippen LogP contribution < -0.4 is 9.62 Å². The fourth-order valence-corrected chi connectivity index (χ4v) is 6.42. The first-order chi connectivity index (χ1) is 20.4. The molecule has 0 aliphatic carbocycles. The number of hydrogen-bond acceptors (Lipinski definition) is 4. The third-order valence-corrected chi connectivity index (χ3v) is 9.16. The Morgan fingerprint density at radius 3 is 2.23 bits per heavy atom. The molecule has 0 bridgehead atoms. The van der Waals surface area contributed by atoms with Gasteiger partial charge in [0, 0.05) is 48.1 Å². The highest BCUT2D eigenvalue weighted by Crippen LogP contribution is 2.28. The number of halogens is 2. The lowest BCUT2D eigenvalue weighted by atomic mass is 10.0. The van der Waals surface area contributed by atoms with E-state index in [1.165, 1.54) is 15.5 Å². The molecule has 2 amide bonds. The van der Waals surface area contributed by atoms with Gasteiger partial charge in [-0.1, -0.05) is 85.1 Å². The molecule has 0 heterocycles. The molecule has 0 unspecified atom stereocenters. The van der Waals surface area contributed by atoms with E-state index in [4.69, 9.17) is 23.2 Å². The Morgan fingerprint density at radius 1 is 0.930 bits per heavy atom. The zero-order chi connectivity index (χ0) is 31.6. The molecular formula is C33H41Cl2N3O4S. The molecule has 3 aromatic rings. The lowest BCUT2D eigenvalue weighted by Gasteiger charge is -2.32. The van der Waals surface area contributed by atoms with E-state index in [9.17, 15) is 18.0 Å². The van der Waals surface area contributed by atoms with E-state index in [-0.39, 0.29) is 37.7 Å². The number of aryl methyl sites for hydroxylation is 2. The van der Waals surface area contributed by atoms with Gasteiger partial charge in [0.15, 0.2) is 0 Å². The molecule has 3 rings (SSSR count). The van der Waals surface area contributed by atoms with Crippen molar-refractivity contribution in [2.75, 3.05) is 23.7 Å². The minimum Gasteiger partial charge on any atom is -0.354 e. The summed E-state index contributed by atoms with van der Waals surface area (Å²) < 4.78 is 26.9. The van der Waals surface area contributed by atoms with Crippen molar-refractivity contribution in [3.8, 4) is 0 Å². The number of hydrogen-bond donors (Lipinski definition) is 1. The first kappa shape index (κ1) is 34.4. The van der Waals surface area contributed by atoms with Gasteiger partial charge in [0.1, 0.15) is 6.04 Å². The van der Waals surface area contributed by atoms with Crippen molar-refractivity contribution in [1.82, 2.24) is 10.2 Å². The molecule has 0 aliphatic rings. The van der Waals surface area contributed by atoms with Crippen LogP contribution in [0.2, 0.25) is 10.0 Å². The van der Waals surface area contributed by atoms with Crippen molar-refractivity contribution in [1.29, 1.82) is 0 Å². The number of amides is 2. The van der Waals surface area contributed by atoms with E-state index in [0.717, 1.165) is 29.5 Å². The van der Waals surface area contributed by atoms with Gasteiger partial charge >= 0.3 is 0 Å². The van der Waals surface area contributed by atoms with Crippen molar-refractivity contribution in [2.45, 2.75) is 65.5 Å². The summed E-state index contributed by atoms with van der Waals surface area (Å²) in [7, 11) is -3.61. The number of carbonyl (C=O) groups is 2. The number of benzene rings is 3. The fraction of sp³-hybridized carbons (Fsp3) is 0.394. The van der Waals surface area contributed by atoms with Crippen LogP contribution in [0.4, 0.5) is 5.69 Å². The zero-order valence-electron chi connectivity index (χ0n) is 25.3. The lowest BCUT2D eigenvalue weighted by molar-refractivity contribution is -0.141. The Hall–Kier alpha value is -3.07. The number of carbonyl (C=O) groups excluding carboxylic acids is 2. The average Bonchev–Trinajstić information content (AvgIpc) is 2.95. The SMILES string of the molecule is CCCCNC(=O)[C@H](Cc1ccccc1)N(Cc1c(Cl)cccc1Cl)C(=O)CCCN(c1cc(C)ccc1C)S(C)(=O)=O. The van der Waals surface area contributed by atoms with Gasteiger partial charge < -0.3 is 10.2 Å². The molecule has 1 atom stereocenters. The number of anilines is 1. The van der Waals surface area contributed by atoms with E-state index >= 15 is 0 Å². The summed E-state index contributed by atoms with van der Waals surface area (Å²) in [6.07, 6.45) is 3.46. The van der Waals surface area contributed by atoms with Gasteiger partial charge in [-0.15, -0.1) is 0 Å². The quantitative estimate of drug-likeness (QED) is 0.186. The third kappa shape index (κ3) is 9.98. The van der Waals surface area contributed by atoms with E-state index < -0.39 is 16.1 Å². The normalized spacial score (nSPS) is 12.0. The highest BCUT2D eigenvalue weighted by Gasteiger charge is 2.31. The fourth-order valence-electron chi connectivity index (χ4n) is 4.88. The Balaban J connectivity index is 1.93. The highest BCUT2D eigenvalue weighted by molar-refractivity contribution is 7.92. The van der Waals surface area contributed by atoms with Crippen LogP contribution in [0.3, 0.4) is 0 Å². The van der Waals surface area contributed by atoms with Crippen LogP contribution in [-0.4, -0.2) is 50.5 Å². The van der Waals surface area contributed by atoms with Crippen molar-refractivity contribution >= 4 is 50.7 Å². The minimum atomic E-state index is -3.61. The Morgan fingerprint density at radius 2 is 1.60 bits per heavy atom. The molecule has 43 heavy (non-hydrogen) atoms. The Labute approximate surface area is 266 Å². The first-order valence-electron chi connectivity index (χ1n) is 14.5. The van der Waals surface area contributed by atoms with Crippen molar-refractivity contribution < 1.29 is 18.0 Å². The Bertz CT molecular complexity index is 1480. The van der Waals surface area contributed by atoms with Crippen molar-refractivity contribution in [3.63, 3.8) is 0 Å². The molecule has 3 aromatic carbocycles. The van der Waals surface area contributed by atoms with Crippen LogP contribution in [0, 0.1) is 13.8 Å². The van der Waals surface area contributed by atoms with Crippen LogP contribution in [-0.2, 0) is 32.6 Å². The molecule has 0 aromatic heterocycles. The largest absolute Gasteiger partial charge is 0.354 e. The van der Waals surface area contributed by atoms with Crippen LogP contribution in [0.15, 0.2) is 66.7 Å². The molecule has 0 radical (unpaired) electrons. The van der Waals surface area contributed by atoms with Gasteiger partial charge in [0.25, 0.3) is 0 Å². The summed E-state index contributed by atoms with van der Waals surface area (Å²) in [5, 5.41) is 3.79. The van der Waals surface area contributed by atoms with Crippen LogP contribution in [0.5, 0.6) is 0 Å². The van der Waals surface area contributed by atoms with E-state index in [1.54, 1.807) is 18.2 Å². The molecule has 232 valence electrons. The second-order valence-corrected chi connectivity index (χ2v) is 13.5. The molecule has 0 fully saturated rings. The van der Waals surface area contributed by atoms with Gasteiger partial charge in [0.05, 0.1) is 11.9 Å². The van der Waals surface area contributed by atoms with E-state index in [2.05, 4.69) is 5.32 Å². The van der Waals surface area contributed by atoms with Crippen molar-refractivity contribution in [3.05, 3.63) is 99.0 Å². The molecule has 0 aliphatic heterocycles. The summed E-state index contributed by atoms with van der Waals surface area (Å²) in [6.45, 7) is 6.45. The Kier molecular flexibility index (Phi) is 12.9. The maximum atomic E-state index is 14.0. The molecular weight excluding hydrogens is 605 g/mol. The zero-order valence-corrected chi connectivity index (χ0v) is 27.6. The van der Waals surface area contributed by atoms with Crippen LogP contribution in [0.25, 0.3) is 0 Å². The van der Waals surface area contributed by atoms with Crippen LogP contribution in [0.1, 0.15) is 54.9 Å². The van der Waals surface area contributed by atoms with E-state index in [0.29, 0.717) is 34.3 Å². The van der Waals surface area contributed by atoms with Gasteiger partial charge in [-0.3, -0.25) is 13.9 Å². The second kappa shape index (κ2) is 16.1. The predicted molar refractivity (Wildman–Crippen MR) is 176 cm³/mol. The van der Waals surface area contributed by atoms with E-state index in [1.807, 2.05) is 69.3 Å². The maximum absolute atomic E-state index is 14.0. The first-order valence-corrected chi connectivity index (χ1v) is 17.1. The lowest BCUT2D eigenvalue weighted by Crippen LogP contribution is -2.50. The highest BCUT2D eigenvalue weighted by atomic mass is 35.5. The molecule has 10 heteroatoms. The molecule has 0 saturated carbocycles. The minimum absolute atomic E-state index is 0.0203. The van der Waals surface area contributed by atoms with Gasteiger partial charge in [-0.2, -0.15) is 0 Å². The average molecular weight is 647 g/mol. The molecule has 0 spiro atoms. The smallest absolute Gasteiger partial charge is 0.243 e. The number of nitrogens with zero attached hydrogens (tertiary/aromatic N) is 2. The van der Waals surface area contributed by atoms with Gasteiger partial charge in [0.2, 0.25) is 21.8 Å². The maximum Gasteiger partial charge on any atom is 0.243 e. The third-order valence-electron chi connectivity index (χ3n) is 7.28.